The molecule has 1 aliphatic heterocycles. The molecule has 2 fully saturated rings. The number of carbonyl (C=O) groups excluding carboxylic acids is 1. The van der Waals surface area contributed by atoms with Crippen molar-refractivity contribution in [1.82, 2.24) is 15.2 Å². The molecule has 1 aliphatic carbocycles. The van der Waals surface area contributed by atoms with Gasteiger partial charge in [-0.25, -0.2) is 0 Å². The number of fused-ring (bicyclic) bond motifs is 1. The molecule has 1 saturated heterocycles. The van der Waals surface area contributed by atoms with Crippen LogP contribution in [0.3, 0.4) is 0 Å². The number of amides is 1. The monoisotopic (exact) mass is 479 g/mol. The quantitative estimate of drug-likeness (QED) is 0.406. The molecule has 2 N–H and O–H groups in total. The molecule has 5 rings (SSSR count). The van der Waals surface area contributed by atoms with E-state index in [4.69, 9.17) is 0 Å². The Morgan fingerprint density at radius 2 is 1.85 bits per heavy atom. The van der Waals surface area contributed by atoms with E-state index in [1.807, 2.05) is 0 Å². The number of halogens is 1. The van der Waals surface area contributed by atoms with Gasteiger partial charge in [-0.3, -0.25) is 4.79 Å². The van der Waals surface area contributed by atoms with Gasteiger partial charge in [0.05, 0.1) is 0 Å². The van der Waals surface area contributed by atoms with E-state index in [1.165, 1.54) is 53.3 Å². The van der Waals surface area contributed by atoms with Crippen molar-refractivity contribution >= 4 is 29.2 Å². The zero-order chi connectivity index (χ0) is 22.6. The third-order valence-corrected chi connectivity index (χ3v) is 7.51. The Kier molecular flexibility index (Phi) is 8.33. The van der Waals surface area contributed by atoms with Crippen LogP contribution in [0.4, 0.5) is 0 Å². The Morgan fingerprint density at radius 1 is 1.06 bits per heavy atom. The van der Waals surface area contributed by atoms with Crippen LogP contribution >= 0.6 is 12.4 Å². The maximum Gasteiger partial charge on any atom is 0.220 e. The summed E-state index contributed by atoms with van der Waals surface area (Å²) in [5.41, 5.74) is 5.05. The summed E-state index contributed by atoms with van der Waals surface area (Å²) in [5, 5.41) is 7.95. The van der Waals surface area contributed by atoms with Gasteiger partial charge in [-0.15, -0.1) is 12.4 Å². The van der Waals surface area contributed by atoms with Crippen LogP contribution in [0.15, 0.2) is 54.7 Å². The molecule has 2 aromatic carbocycles. The van der Waals surface area contributed by atoms with Crippen molar-refractivity contribution < 1.29 is 4.79 Å². The summed E-state index contributed by atoms with van der Waals surface area (Å²) in [7, 11) is 0. The fraction of sp³-hybridized carbons (Fsp3) is 0.483. The second-order valence-corrected chi connectivity index (χ2v) is 10.2. The maximum atomic E-state index is 13.1. The highest BCUT2D eigenvalue weighted by Gasteiger charge is 2.26. The molecule has 0 bridgehead atoms. The summed E-state index contributed by atoms with van der Waals surface area (Å²) in [6.07, 6.45) is 9.03. The lowest BCUT2D eigenvalue weighted by Crippen LogP contribution is -2.31. The average molecular weight is 480 g/mol. The summed E-state index contributed by atoms with van der Waals surface area (Å²) < 4.78 is 2.43. The molecular formula is C29H38ClN3O. The van der Waals surface area contributed by atoms with Gasteiger partial charge in [0.1, 0.15) is 0 Å². The van der Waals surface area contributed by atoms with Gasteiger partial charge in [0, 0.05) is 42.5 Å². The normalized spacial score (nSPS) is 17.3. The van der Waals surface area contributed by atoms with Crippen molar-refractivity contribution in [3.8, 4) is 0 Å². The van der Waals surface area contributed by atoms with Gasteiger partial charge in [0.25, 0.3) is 0 Å². The van der Waals surface area contributed by atoms with E-state index < -0.39 is 0 Å². The SMILES string of the molecule is Cc1cccc(C(CC(=O)NCCC2CCNCC2)c2cn(CC3CC3)c3ccccc23)c1.Cl. The third-order valence-electron chi connectivity index (χ3n) is 7.51. The van der Waals surface area contributed by atoms with Gasteiger partial charge in [-0.2, -0.15) is 0 Å². The summed E-state index contributed by atoms with van der Waals surface area (Å²) in [6.45, 7) is 6.23. The van der Waals surface area contributed by atoms with E-state index in [9.17, 15) is 4.79 Å². The number of piperidine rings is 1. The molecule has 3 aromatic rings. The zero-order valence-electron chi connectivity index (χ0n) is 20.3. The van der Waals surface area contributed by atoms with Crippen LogP contribution in [0, 0.1) is 18.8 Å². The van der Waals surface area contributed by atoms with Crippen LogP contribution < -0.4 is 10.6 Å². The van der Waals surface area contributed by atoms with Gasteiger partial charge in [0.15, 0.2) is 0 Å². The van der Waals surface area contributed by atoms with Crippen LogP contribution in [0.25, 0.3) is 10.9 Å². The largest absolute Gasteiger partial charge is 0.356 e. The Balaban J connectivity index is 0.00000274. The summed E-state index contributed by atoms with van der Waals surface area (Å²) >= 11 is 0. The highest BCUT2D eigenvalue weighted by Crippen LogP contribution is 2.37. The van der Waals surface area contributed by atoms with E-state index in [0.29, 0.717) is 6.42 Å². The molecule has 2 aliphatic rings. The first-order chi connectivity index (χ1) is 16.2. The smallest absolute Gasteiger partial charge is 0.220 e. The molecule has 1 atom stereocenters. The molecular weight excluding hydrogens is 442 g/mol. The lowest BCUT2D eigenvalue weighted by Gasteiger charge is -2.23. The van der Waals surface area contributed by atoms with E-state index in [2.05, 4.69) is 76.9 Å². The minimum absolute atomic E-state index is 0. The molecule has 1 saturated carbocycles. The number of hydrogen-bond donors (Lipinski definition) is 2. The van der Waals surface area contributed by atoms with Gasteiger partial charge in [0.2, 0.25) is 5.91 Å². The number of carbonyl (C=O) groups is 1. The lowest BCUT2D eigenvalue weighted by atomic mass is 9.87. The highest BCUT2D eigenvalue weighted by atomic mass is 35.5. The highest BCUT2D eigenvalue weighted by molar-refractivity contribution is 5.86. The Bertz CT molecular complexity index is 1100. The summed E-state index contributed by atoms with van der Waals surface area (Å²) in [5.74, 6) is 1.77. The number of aryl methyl sites for hydroxylation is 1. The molecule has 182 valence electrons. The van der Waals surface area contributed by atoms with Crippen molar-refractivity contribution in [3.63, 3.8) is 0 Å². The number of benzene rings is 2. The average Bonchev–Trinajstić information content (AvgIpc) is 3.58. The van der Waals surface area contributed by atoms with Crippen molar-refractivity contribution in [2.45, 2.75) is 57.9 Å². The van der Waals surface area contributed by atoms with E-state index in [0.717, 1.165) is 44.4 Å². The van der Waals surface area contributed by atoms with Gasteiger partial charge >= 0.3 is 0 Å². The first-order valence-electron chi connectivity index (χ1n) is 12.8. The Labute approximate surface area is 209 Å². The molecule has 1 aromatic heterocycles. The molecule has 5 heteroatoms. The maximum absolute atomic E-state index is 13.1. The van der Waals surface area contributed by atoms with Crippen molar-refractivity contribution in [1.29, 1.82) is 0 Å². The standard InChI is InChI=1S/C29H37N3O.ClH/c1-21-5-4-6-24(17-21)26(18-29(33)31-16-13-22-11-14-30-15-12-22)27-20-32(19-23-9-10-23)28-8-3-2-7-25(27)28;/h2-8,17,20,22-23,26,30H,9-16,18-19H2,1H3,(H,31,33);1H. The van der Waals surface area contributed by atoms with Crippen LogP contribution in [-0.4, -0.2) is 30.1 Å². The molecule has 4 nitrogen and oxygen atoms in total. The topological polar surface area (TPSA) is 46.1 Å². The molecule has 34 heavy (non-hydrogen) atoms. The van der Waals surface area contributed by atoms with Crippen LogP contribution in [0.1, 0.15) is 61.1 Å². The molecule has 0 radical (unpaired) electrons. The number of aromatic nitrogens is 1. The van der Waals surface area contributed by atoms with E-state index in [1.54, 1.807) is 0 Å². The minimum Gasteiger partial charge on any atom is -0.356 e. The predicted octanol–water partition coefficient (Wildman–Crippen LogP) is 5.81. The number of hydrogen-bond acceptors (Lipinski definition) is 2. The first-order valence-corrected chi connectivity index (χ1v) is 12.8. The molecule has 0 spiro atoms. The minimum atomic E-state index is 0. The van der Waals surface area contributed by atoms with E-state index >= 15 is 0 Å². The van der Waals surface area contributed by atoms with Crippen LogP contribution in [-0.2, 0) is 11.3 Å². The van der Waals surface area contributed by atoms with Crippen LogP contribution in [0.2, 0.25) is 0 Å². The number of nitrogens with one attached hydrogen (secondary N) is 2. The molecule has 1 unspecified atom stereocenters. The fourth-order valence-corrected chi connectivity index (χ4v) is 5.42. The fourth-order valence-electron chi connectivity index (χ4n) is 5.42. The third kappa shape index (κ3) is 6.03. The zero-order valence-corrected chi connectivity index (χ0v) is 21.1. The van der Waals surface area contributed by atoms with Crippen LogP contribution in [0.5, 0.6) is 0 Å². The van der Waals surface area contributed by atoms with Gasteiger partial charge in [-0.1, -0.05) is 48.0 Å². The number of nitrogens with zero attached hydrogens (tertiary/aromatic N) is 1. The van der Waals surface area contributed by atoms with Gasteiger partial charge in [-0.05, 0) is 81.1 Å². The lowest BCUT2D eigenvalue weighted by molar-refractivity contribution is -0.121. The molecule has 1 amide bonds. The predicted molar refractivity (Wildman–Crippen MR) is 143 cm³/mol. The van der Waals surface area contributed by atoms with E-state index in [-0.39, 0.29) is 24.2 Å². The number of para-hydroxylation sites is 1. The Hall–Kier alpha value is -2.30. The molecule has 2 heterocycles. The first kappa shape index (κ1) is 24.8. The van der Waals surface area contributed by atoms with Crippen molar-refractivity contribution in [2.75, 3.05) is 19.6 Å². The summed E-state index contributed by atoms with van der Waals surface area (Å²) in [6, 6.07) is 17.4. The summed E-state index contributed by atoms with van der Waals surface area (Å²) in [4.78, 5) is 13.1. The second-order valence-electron chi connectivity index (χ2n) is 10.2. The van der Waals surface area contributed by atoms with Crippen molar-refractivity contribution in [3.05, 3.63) is 71.4 Å². The Morgan fingerprint density at radius 3 is 2.62 bits per heavy atom. The number of rotatable bonds is 9. The second kappa shape index (κ2) is 11.4. The van der Waals surface area contributed by atoms with Crippen molar-refractivity contribution in [2.24, 2.45) is 11.8 Å². The van der Waals surface area contributed by atoms with Gasteiger partial charge < -0.3 is 15.2 Å².